The molecule has 18 heavy (non-hydrogen) atoms. The summed E-state index contributed by atoms with van der Waals surface area (Å²) in [7, 11) is 0. The molecule has 0 unspecified atom stereocenters. The molecule has 0 aromatic heterocycles. The molecule has 0 atom stereocenters. The van der Waals surface area contributed by atoms with Crippen LogP contribution in [-0.4, -0.2) is 0 Å². The quantitative estimate of drug-likeness (QED) is 0.648. The monoisotopic (exact) mass is 402 g/mol. The van der Waals surface area contributed by atoms with Crippen molar-refractivity contribution in [1.29, 1.82) is 0 Å². The van der Waals surface area contributed by atoms with Crippen LogP contribution in [0.1, 0.15) is 19.8 Å². The van der Waals surface area contributed by atoms with Crippen molar-refractivity contribution in [2.75, 3.05) is 0 Å². The Kier molecular flexibility index (Phi) is 3.90. The normalized spacial score (nSPS) is 16.9. The van der Waals surface area contributed by atoms with Crippen LogP contribution in [0.25, 0.3) is 0 Å². The number of hydrogen-bond acceptors (Lipinski definition) is 0. The van der Waals surface area contributed by atoms with E-state index in [1.165, 1.54) is 22.6 Å². The third-order valence-electron chi connectivity index (χ3n) is 3.54. The summed E-state index contributed by atoms with van der Waals surface area (Å²) in [4.78, 5) is 0. The second-order valence-corrected chi connectivity index (χ2v) is 14.1. The predicted octanol–water partition coefficient (Wildman–Crippen LogP) is 4.60. The van der Waals surface area contributed by atoms with Gasteiger partial charge in [-0.3, -0.25) is 0 Å². The van der Waals surface area contributed by atoms with Gasteiger partial charge in [0.1, 0.15) is 0 Å². The maximum absolute atomic E-state index is 2.39. The van der Waals surface area contributed by atoms with Gasteiger partial charge in [0, 0.05) is 0 Å². The standard InChI is InChI=1S/C7H7.2C5H5.Hf.H/c1-7-5-3-2-4-6-7;2*1-2-4-5-3-1;;/h2-6H,1H2;2*1-3H,4H2;;/q;;;;-1. The van der Waals surface area contributed by atoms with Crippen molar-refractivity contribution >= 4 is 0 Å². The Morgan fingerprint density at radius 2 is 1.50 bits per heavy atom. The first-order chi connectivity index (χ1) is 8.93. The van der Waals surface area contributed by atoms with Gasteiger partial charge in [-0.25, -0.2) is 0 Å². The molecule has 0 fully saturated rings. The number of rotatable bonds is 4. The fourth-order valence-corrected chi connectivity index (χ4v) is 12.8. The SMILES string of the molecule is C1=CC[C]([Hf]([CH2]c2ccccc2)[C]2=CC=CC2)=C1.[H-]. The Bertz CT molecular complexity index is 508. The van der Waals surface area contributed by atoms with Crippen molar-refractivity contribution in [3.8, 4) is 0 Å². The minimum atomic E-state index is -1.79. The van der Waals surface area contributed by atoms with Gasteiger partial charge in [0.15, 0.2) is 0 Å². The summed E-state index contributed by atoms with van der Waals surface area (Å²) in [6.45, 7) is 0. The van der Waals surface area contributed by atoms with Crippen LogP contribution < -0.4 is 0 Å². The maximum atomic E-state index is 2.39. The first-order valence-corrected chi connectivity index (χ1v) is 12.7. The molecule has 1 aromatic rings. The number of hydrogen-bond donors (Lipinski definition) is 0. The molecule has 0 N–H and O–H groups in total. The molecule has 0 radical (unpaired) electrons. The summed E-state index contributed by atoms with van der Waals surface area (Å²) in [6.07, 6.45) is 16.3. The Morgan fingerprint density at radius 1 is 0.889 bits per heavy atom. The average Bonchev–Trinajstić information content (AvgIpc) is 3.11. The fraction of sp³-hybridized carbons (Fsp3) is 0.176. The molecule has 1 aromatic carbocycles. The molecule has 91 valence electrons. The van der Waals surface area contributed by atoms with Crippen molar-refractivity contribution in [2.45, 2.75) is 17.0 Å². The number of allylic oxidation sites excluding steroid dienone is 8. The van der Waals surface area contributed by atoms with E-state index in [9.17, 15) is 0 Å². The molecule has 3 rings (SSSR count). The molecule has 2 aliphatic carbocycles. The van der Waals surface area contributed by atoms with E-state index in [4.69, 9.17) is 0 Å². The molecular formula is C17H18Hf-. The van der Waals surface area contributed by atoms with E-state index < -0.39 is 21.4 Å². The summed E-state index contributed by atoms with van der Waals surface area (Å²) >= 11 is -1.79. The van der Waals surface area contributed by atoms with Gasteiger partial charge < -0.3 is 1.43 Å². The fourth-order valence-electron chi connectivity index (χ4n) is 2.58. The van der Waals surface area contributed by atoms with Gasteiger partial charge in [0.2, 0.25) is 0 Å². The zero-order chi connectivity index (χ0) is 12.2. The van der Waals surface area contributed by atoms with Crippen LogP contribution in [0.2, 0.25) is 0 Å². The molecule has 0 saturated heterocycles. The van der Waals surface area contributed by atoms with Crippen LogP contribution in [0.5, 0.6) is 0 Å². The Hall–Kier alpha value is -0.950. The van der Waals surface area contributed by atoms with Gasteiger partial charge in [-0.2, -0.15) is 0 Å². The van der Waals surface area contributed by atoms with E-state index >= 15 is 0 Å². The summed E-state index contributed by atoms with van der Waals surface area (Å²) in [6, 6.07) is 11.0. The van der Waals surface area contributed by atoms with Crippen molar-refractivity contribution in [1.82, 2.24) is 0 Å². The molecule has 2 aliphatic rings. The molecule has 1 heteroatoms. The van der Waals surface area contributed by atoms with Crippen LogP contribution >= 0.6 is 0 Å². The van der Waals surface area contributed by atoms with Gasteiger partial charge in [-0.1, -0.05) is 0 Å². The Labute approximate surface area is 118 Å². The summed E-state index contributed by atoms with van der Waals surface area (Å²) < 4.78 is 4.89. The molecule has 0 nitrogen and oxygen atoms in total. The third-order valence-corrected chi connectivity index (χ3v) is 14.5. The summed E-state index contributed by atoms with van der Waals surface area (Å²) in [5.74, 6) is 0. The maximum Gasteiger partial charge on any atom is -1.00 e. The van der Waals surface area contributed by atoms with E-state index in [-0.39, 0.29) is 1.43 Å². The Morgan fingerprint density at radius 3 is 2.00 bits per heavy atom. The van der Waals surface area contributed by atoms with Crippen LogP contribution in [0.4, 0.5) is 0 Å². The van der Waals surface area contributed by atoms with E-state index in [0.717, 1.165) is 0 Å². The molecule has 0 amide bonds. The van der Waals surface area contributed by atoms with E-state index in [0.29, 0.717) is 0 Å². The predicted molar refractivity (Wildman–Crippen MR) is 74.9 cm³/mol. The van der Waals surface area contributed by atoms with Gasteiger partial charge in [0.05, 0.1) is 0 Å². The second kappa shape index (κ2) is 5.79. The first kappa shape index (κ1) is 12.1. The minimum absolute atomic E-state index is 0. The third kappa shape index (κ3) is 2.72. The summed E-state index contributed by atoms with van der Waals surface area (Å²) in [5, 5.41) is 0. The van der Waals surface area contributed by atoms with Crippen molar-refractivity contribution in [3.05, 3.63) is 79.0 Å². The zero-order valence-electron chi connectivity index (χ0n) is 11.5. The zero-order valence-corrected chi connectivity index (χ0v) is 14.1. The van der Waals surface area contributed by atoms with E-state index in [2.05, 4.69) is 66.8 Å². The molecule has 0 aliphatic heterocycles. The van der Waals surface area contributed by atoms with Gasteiger partial charge in [-0.05, 0) is 0 Å². The summed E-state index contributed by atoms with van der Waals surface area (Å²) in [5.41, 5.74) is 1.53. The van der Waals surface area contributed by atoms with Crippen molar-refractivity contribution < 1.29 is 22.9 Å². The minimum Gasteiger partial charge on any atom is -1.00 e. The topological polar surface area (TPSA) is 0 Å². The van der Waals surface area contributed by atoms with Gasteiger partial charge in [-0.15, -0.1) is 0 Å². The van der Waals surface area contributed by atoms with Crippen LogP contribution in [0.15, 0.2) is 73.4 Å². The average molecular weight is 401 g/mol. The van der Waals surface area contributed by atoms with Crippen LogP contribution in [-0.2, 0) is 25.6 Å². The molecular weight excluding hydrogens is 383 g/mol. The van der Waals surface area contributed by atoms with Crippen LogP contribution in [0.3, 0.4) is 0 Å². The van der Waals surface area contributed by atoms with E-state index in [1.807, 2.05) is 0 Å². The van der Waals surface area contributed by atoms with Crippen molar-refractivity contribution in [3.63, 3.8) is 0 Å². The largest absolute Gasteiger partial charge is 1.00 e. The van der Waals surface area contributed by atoms with Crippen LogP contribution in [0, 0.1) is 0 Å². The van der Waals surface area contributed by atoms with Gasteiger partial charge in [0.25, 0.3) is 0 Å². The smallest absolute Gasteiger partial charge is 1.00 e. The Balaban J connectivity index is 0.00000133. The molecule has 0 spiro atoms. The second-order valence-electron chi connectivity index (χ2n) is 4.79. The van der Waals surface area contributed by atoms with Crippen molar-refractivity contribution in [2.24, 2.45) is 0 Å². The van der Waals surface area contributed by atoms with Gasteiger partial charge >= 0.3 is 117 Å². The van der Waals surface area contributed by atoms with E-state index in [1.54, 1.807) is 6.66 Å². The molecule has 0 bridgehead atoms. The molecule has 0 saturated carbocycles. The first-order valence-electron chi connectivity index (χ1n) is 6.55. The number of benzene rings is 1. The molecule has 0 heterocycles.